The molecule has 0 unspecified atom stereocenters. The second-order valence-corrected chi connectivity index (χ2v) is 9.65. The largest absolute Gasteiger partial charge is 0.329 e. The van der Waals surface area contributed by atoms with Crippen molar-refractivity contribution in [2.24, 2.45) is 0 Å². The highest BCUT2D eigenvalue weighted by molar-refractivity contribution is 7.92. The molecule has 0 atom stereocenters. The fourth-order valence-electron chi connectivity index (χ4n) is 3.66. The molecule has 1 aromatic heterocycles. The lowest BCUT2D eigenvalue weighted by molar-refractivity contribution is 0.0609. The summed E-state index contributed by atoms with van der Waals surface area (Å²) >= 11 is 0. The minimum atomic E-state index is -3.33. The van der Waals surface area contributed by atoms with Gasteiger partial charge < -0.3 is 4.98 Å². The van der Waals surface area contributed by atoms with E-state index in [1.54, 1.807) is 48.7 Å². The van der Waals surface area contributed by atoms with Crippen molar-refractivity contribution < 1.29 is 12.8 Å². The van der Waals surface area contributed by atoms with Gasteiger partial charge in [0.15, 0.2) is 0 Å². The summed E-state index contributed by atoms with van der Waals surface area (Å²) in [5, 5.41) is 0. The molecule has 31 heavy (non-hydrogen) atoms. The zero-order valence-corrected chi connectivity index (χ0v) is 17.9. The molecule has 0 amide bonds. The van der Waals surface area contributed by atoms with E-state index in [0.717, 1.165) is 23.8 Å². The van der Waals surface area contributed by atoms with Crippen molar-refractivity contribution in [1.29, 1.82) is 0 Å². The fraction of sp³-hybridized carbons (Fsp3) is 0.208. The van der Waals surface area contributed by atoms with Gasteiger partial charge in [-0.1, -0.05) is 24.3 Å². The predicted molar refractivity (Wildman–Crippen MR) is 123 cm³/mol. The Hall–Kier alpha value is -3.19. The van der Waals surface area contributed by atoms with Crippen LogP contribution in [0.5, 0.6) is 0 Å². The molecular weight excluding hydrogens is 415 g/mol. The Bertz CT molecular complexity index is 1290. The van der Waals surface area contributed by atoms with E-state index in [-0.39, 0.29) is 5.56 Å². The van der Waals surface area contributed by atoms with Crippen LogP contribution in [0, 0.1) is 0 Å². The lowest BCUT2D eigenvalue weighted by Crippen LogP contribution is -2.28. The van der Waals surface area contributed by atoms with Gasteiger partial charge in [0, 0.05) is 17.4 Å². The molecule has 1 aliphatic carbocycles. The van der Waals surface area contributed by atoms with Crippen molar-refractivity contribution in [2.45, 2.75) is 24.9 Å². The van der Waals surface area contributed by atoms with Gasteiger partial charge in [-0.05, 0) is 84.0 Å². The summed E-state index contributed by atoms with van der Waals surface area (Å²) in [5.41, 5.74) is 2.33. The van der Waals surface area contributed by atoms with Gasteiger partial charge in [-0.15, -0.1) is 0 Å². The number of H-pyrrole nitrogens is 1. The maximum atomic E-state index is 15.2. The summed E-state index contributed by atoms with van der Waals surface area (Å²) in [6, 6.07) is 15.9. The SMILES string of the molecule is CS(=O)(=O)Nc1ccc(C=Cc2cc(-c3ccc[nH]c3=O)cc(C3(F)CCC3)c2)cc1. The van der Waals surface area contributed by atoms with E-state index in [1.807, 2.05) is 24.3 Å². The second-order valence-electron chi connectivity index (χ2n) is 7.91. The molecule has 160 valence electrons. The van der Waals surface area contributed by atoms with Gasteiger partial charge in [0.25, 0.3) is 5.56 Å². The van der Waals surface area contributed by atoms with Crippen LogP contribution < -0.4 is 10.3 Å². The van der Waals surface area contributed by atoms with Crippen LogP contribution in [0.1, 0.15) is 36.0 Å². The molecule has 5 nitrogen and oxygen atoms in total. The minimum absolute atomic E-state index is 0.218. The molecule has 2 aromatic carbocycles. The number of sulfonamides is 1. The Morgan fingerprint density at radius 2 is 1.74 bits per heavy atom. The zero-order valence-electron chi connectivity index (χ0n) is 17.1. The highest BCUT2D eigenvalue weighted by Gasteiger charge is 2.39. The molecule has 0 saturated heterocycles. The lowest BCUT2D eigenvalue weighted by Gasteiger charge is -2.34. The van der Waals surface area contributed by atoms with Crippen LogP contribution in [-0.4, -0.2) is 19.7 Å². The smallest absolute Gasteiger partial charge is 0.255 e. The fourth-order valence-corrected chi connectivity index (χ4v) is 4.22. The third-order valence-electron chi connectivity index (χ3n) is 5.43. The number of hydrogen-bond acceptors (Lipinski definition) is 3. The molecule has 7 heteroatoms. The average Bonchev–Trinajstić information content (AvgIpc) is 2.70. The third kappa shape index (κ3) is 4.94. The summed E-state index contributed by atoms with van der Waals surface area (Å²) < 4.78 is 40.3. The van der Waals surface area contributed by atoms with Gasteiger partial charge in [-0.3, -0.25) is 9.52 Å². The standard InChI is InChI=1S/C24H23FN2O3S/c1-31(29,30)27-21-9-7-17(8-10-21)5-6-18-14-19(22-4-2-13-26-23(22)28)16-20(15-18)24(25)11-3-12-24/h2,4-10,13-16,27H,3,11-12H2,1H3,(H,26,28). The summed E-state index contributed by atoms with van der Waals surface area (Å²) in [6.07, 6.45) is 8.23. The summed E-state index contributed by atoms with van der Waals surface area (Å²) in [5.74, 6) is 0. The van der Waals surface area contributed by atoms with Gasteiger partial charge in [-0.25, -0.2) is 12.8 Å². The highest BCUT2D eigenvalue weighted by Crippen LogP contribution is 2.46. The highest BCUT2D eigenvalue weighted by atomic mass is 32.2. The molecule has 2 N–H and O–H groups in total. The minimum Gasteiger partial charge on any atom is -0.329 e. The first-order chi connectivity index (χ1) is 14.7. The second kappa shape index (κ2) is 8.15. The van der Waals surface area contributed by atoms with E-state index in [2.05, 4.69) is 9.71 Å². The van der Waals surface area contributed by atoms with Crippen LogP contribution in [0.15, 0.2) is 65.6 Å². The summed E-state index contributed by atoms with van der Waals surface area (Å²) in [7, 11) is -3.33. The topological polar surface area (TPSA) is 79.0 Å². The Morgan fingerprint density at radius 3 is 2.35 bits per heavy atom. The maximum Gasteiger partial charge on any atom is 0.255 e. The molecule has 1 saturated carbocycles. The number of aromatic nitrogens is 1. The number of anilines is 1. The molecule has 0 radical (unpaired) electrons. The van der Waals surface area contributed by atoms with Crippen LogP contribution in [0.4, 0.5) is 10.1 Å². The Labute approximate surface area is 180 Å². The molecule has 0 aliphatic heterocycles. The van der Waals surface area contributed by atoms with E-state index < -0.39 is 15.7 Å². The van der Waals surface area contributed by atoms with Crippen molar-refractivity contribution in [3.8, 4) is 11.1 Å². The number of alkyl halides is 1. The maximum absolute atomic E-state index is 15.2. The van der Waals surface area contributed by atoms with Crippen molar-refractivity contribution in [3.05, 3.63) is 87.8 Å². The number of pyridine rings is 1. The van der Waals surface area contributed by atoms with Crippen molar-refractivity contribution in [3.63, 3.8) is 0 Å². The van der Waals surface area contributed by atoms with Crippen molar-refractivity contribution in [2.75, 3.05) is 11.0 Å². The normalized spacial score (nSPS) is 15.5. The summed E-state index contributed by atoms with van der Waals surface area (Å²) in [4.78, 5) is 14.9. The van der Waals surface area contributed by atoms with Crippen LogP contribution in [0.3, 0.4) is 0 Å². The molecule has 3 aromatic rings. The first-order valence-electron chi connectivity index (χ1n) is 10.0. The van der Waals surface area contributed by atoms with Gasteiger partial charge in [0.05, 0.1) is 6.26 Å². The van der Waals surface area contributed by atoms with Crippen molar-refractivity contribution in [1.82, 2.24) is 4.98 Å². The number of benzene rings is 2. The number of aromatic amines is 1. The first-order valence-corrected chi connectivity index (χ1v) is 11.9. The average molecular weight is 439 g/mol. The van der Waals surface area contributed by atoms with E-state index in [1.165, 1.54) is 0 Å². The summed E-state index contributed by atoms with van der Waals surface area (Å²) in [6.45, 7) is 0. The molecule has 1 aliphatic rings. The van der Waals surface area contributed by atoms with E-state index in [0.29, 0.717) is 35.2 Å². The molecule has 0 spiro atoms. The van der Waals surface area contributed by atoms with Crippen LogP contribution in [-0.2, 0) is 15.7 Å². The van der Waals surface area contributed by atoms with E-state index >= 15 is 4.39 Å². The van der Waals surface area contributed by atoms with E-state index in [4.69, 9.17) is 0 Å². The van der Waals surface area contributed by atoms with Crippen LogP contribution in [0.2, 0.25) is 0 Å². The van der Waals surface area contributed by atoms with Crippen molar-refractivity contribution >= 4 is 27.9 Å². The molecule has 4 rings (SSSR count). The molecular formula is C24H23FN2O3S. The lowest BCUT2D eigenvalue weighted by atomic mass is 9.75. The third-order valence-corrected chi connectivity index (χ3v) is 6.04. The quantitative estimate of drug-likeness (QED) is 0.536. The van der Waals surface area contributed by atoms with Gasteiger partial charge in [0.2, 0.25) is 10.0 Å². The number of halogens is 1. The monoisotopic (exact) mass is 438 g/mol. The van der Waals surface area contributed by atoms with Crippen LogP contribution >= 0.6 is 0 Å². The van der Waals surface area contributed by atoms with Gasteiger partial charge in [-0.2, -0.15) is 0 Å². The Balaban J connectivity index is 1.67. The van der Waals surface area contributed by atoms with Gasteiger partial charge in [0.1, 0.15) is 5.67 Å². The number of nitrogens with one attached hydrogen (secondary N) is 2. The zero-order chi connectivity index (χ0) is 22.1. The number of hydrogen-bond donors (Lipinski definition) is 2. The molecule has 1 heterocycles. The molecule has 0 bridgehead atoms. The van der Waals surface area contributed by atoms with Crippen LogP contribution in [0.25, 0.3) is 23.3 Å². The molecule has 1 fully saturated rings. The Kier molecular flexibility index (Phi) is 5.54. The van der Waals surface area contributed by atoms with Gasteiger partial charge >= 0.3 is 0 Å². The Morgan fingerprint density at radius 1 is 1.03 bits per heavy atom. The van der Waals surface area contributed by atoms with E-state index in [9.17, 15) is 13.2 Å². The first kappa shape index (κ1) is 21.1. The number of rotatable bonds is 6. The predicted octanol–water partition coefficient (Wildman–Crippen LogP) is 4.93.